The van der Waals surface area contributed by atoms with Gasteiger partial charge in [-0.1, -0.05) is 53.0 Å². The van der Waals surface area contributed by atoms with Crippen molar-refractivity contribution in [3.05, 3.63) is 86.9 Å². The van der Waals surface area contributed by atoms with Crippen molar-refractivity contribution in [1.29, 1.82) is 0 Å². The van der Waals surface area contributed by atoms with Gasteiger partial charge in [0, 0.05) is 38.2 Å². The summed E-state index contributed by atoms with van der Waals surface area (Å²) in [5.74, 6) is 0.185. The lowest BCUT2D eigenvalue weighted by Gasteiger charge is -2.17. The van der Waals surface area contributed by atoms with Crippen LogP contribution in [0.5, 0.6) is 5.75 Å². The minimum atomic E-state index is 0.138. The van der Waals surface area contributed by atoms with Crippen LogP contribution in [-0.4, -0.2) is 10.8 Å². The Morgan fingerprint density at radius 2 is 1.63 bits per heavy atom. The highest BCUT2D eigenvalue weighted by Crippen LogP contribution is 2.47. The van der Waals surface area contributed by atoms with Crippen LogP contribution in [0.15, 0.2) is 70.6 Å². The summed E-state index contributed by atoms with van der Waals surface area (Å²) >= 11 is 20.3. The first kappa shape index (κ1) is 18.7. The Kier molecular flexibility index (Phi) is 5.38. The maximum absolute atomic E-state index is 9.90. The molecule has 0 saturated carbocycles. The van der Waals surface area contributed by atoms with Gasteiger partial charge in [0.05, 0.1) is 16.4 Å². The van der Waals surface area contributed by atoms with Gasteiger partial charge in [-0.05, 0) is 42.0 Å². The van der Waals surface area contributed by atoms with Gasteiger partial charge in [-0.25, -0.2) is 0 Å². The molecule has 1 unspecified atom stereocenters. The van der Waals surface area contributed by atoms with Crippen LogP contribution in [0.1, 0.15) is 22.8 Å². The van der Waals surface area contributed by atoms with Crippen molar-refractivity contribution in [2.24, 2.45) is 4.99 Å². The first-order valence-corrected chi connectivity index (χ1v) is 10.3. The van der Waals surface area contributed by atoms with Crippen molar-refractivity contribution in [2.75, 3.05) is 0 Å². The maximum Gasteiger partial charge on any atom is 0.117 e. The van der Waals surface area contributed by atoms with Crippen molar-refractivity contribution in [2.45, 2.75) is 16.6 Å². The van der Waals surface area contributed by atoms with Gasteiger partial charge in [0.15, 0.2) is 0 Å². The van der Waals surface area contributed by atoms with Crippen LogP contribution in [0.2, 0.25) is 15.1 Å². The van der Waals surface area contributed by atoms with E-state index in [9.17, 15) is 5.11 Å². The van der Waals surface area contributed by atoms with Crippen LogP contribution in [0, 0.1) is 0 Å². The second-order valence-corrected chi connectivity index (χ2v) is 8.72. The molecule has 1 aliphatic heterocycles. The number of hydrogen-bond donors (Lipinski definition) is 1. The number of aromatic hydroxyl groups is 1. The van der Waals surface area contributed by atoms with Gasteiger partial charge in [-0.3, -0.25) is 4.99 Å². The number of hydrogen-bond acceptors (Lipinski definition) is 3. The lowest BCUT2D eigenvalue weighted by atomic mass is 10.0. The summed E-state index contributed by atoms with van der Waals surface area (Å²) in [4.78, 5) is 5.84. The third kappa shape index (κ3) is 4.12. The minimum absolute atomic E-state index is 0.138. The van der Waals surface area contributed by atoms with Gasteiger partial charge >= 0.3 is 0 Å². The van der Waals surface area contributed by atoms with E-state index in [1.165, 1.54) is 0 Å². The fraction of sp³-hybridized carbons (Fsp3) is 0.0952. The van der Waals surface area contributed by atoms with E-state index in [1.54, 1.807) is 30.0 Å². The third-order valence-electron chi connectivity index (χ3n) is 4.33. The summed E-state index contributed by atoms with van der Waals surface area (Å²) < 4.78 is 0. The Morgan fingerprint density at radius 1 is 0.889 bits per heavy atom. The van der Waals surface area contributed by atoms with Crippen molar-refractivity contribution >= 4 is 58.0 Å². The van der Waals surface area contributed by atoms with E-state index in [4.69, 9.17) is 39.8 Å². The molecule has 1 aliphatic rings. The van der Waals surface area contributed by atoms with Gasteiger partial charge in [-0.15, -0.1) is 11.8 Å². The lowest BCUT2D eigenvalue weighted by molar-refractivity contribution is 0.475. The standard InChI is InChI=1S/C21H14Cl3NOS/c22-13-3-1-12(2-4-13)21-11-18(16-7-5-14(23)9-17(16)24)25-19-10-15(26)6-8-20(19)27-21/h1-10,21,26H,11H2. The predicted octanol–water partition coefficient (Wildman–Crippen LogP) is 7.71. The van der Waals surface area contributed by atoms with Gasteiger partial charge in [0.1, 0.15) is 5.75 Å². The SMILES string of the molecule is Oc1ccc2c(c1)N=C(c1ccc(Cl)cc1Cl)CC(c1ccc(Cl)cc1)S2. The van der Waals surface area contributed by atoms with Gasteiger partial charge in [0.25, 0.3) is 0 Å². The highest BCUT2D eigenvalue weighted by Gasteiger charge is 2.24. The number of phenolic OH excluding ortho intramolecular Hbond substituents is 1. The van der Waals surface area contributed by atoms with E-state index in [1.807, 2.05) is 42.5 Å². The molecule has 6 heteroatoms. The number of rotatable bonds is 2. The molecule has 0 spiro atoms. The molecule has 3 aromatic carbocycles. The monoisotopic (exact) mass is 433 g/mol. The smallest absolute Gasteiger partial charge is 0.117 e. The molecule has 1 heterocycles. The van der Waals surface area contributed by atoms with Crippen molar-refractivity contribution in [1.82, 2.24) is 0 Å². The summed E-state index contributed by atoms with van der Waals surface area (Å²) in [6, 6.07) is 18.5. The molecular weight excluding hydrogens is 421 g/mol. The number of phenols is 1. The van der Waals surface area contributed by atoms with Crippen molar-refractivity contribution in [3.63, 3.8) is 0 Å². The highest BCUT2D eigenvalue weighted by atomic mass is 35.5. The summed E-state index contributed by atoms with van der Waals surface area (Å²) in [7, 11) is 0. The molecule has 0 bridgehead atoms. The topological polar surface area (TPSA) is 32.6 Å². The number of halogens is 3. The largest absolute Gasteiger partial charge is 0.508 e. The molecule has 1 atom stereocenters. The summed E-state index contributed by atoms with van der Waals surface area (Å²) in [6.07, 6.45) is 0.684. The maximum atomic E-state index is 9.90. The zero-order valence-corrected chi connectivity index (χ0v) is 17.1. The molecule has 0 fully saturated rings. The van der Waals surface area contributed by atoms with Crippen molar-refractivity contribution in [3.8, 4) is 5.75 Å². The van der Waals surface area contributed by atoms with E-state index < -0.39 is 0 Å². The van der Waals surface area contributed by atoms with Crippen LogP contribution in [0.4, 0.5) is 5.69 Å². The van der Waals surface area contributed by atoms with Crippen LogP contribution >= 0.6 is 46.6 Å². The number of aliphatic imine (C=N–C) groups is 1. The third-order valence-corrected chi connectivity index (χ3v) is 6.45. The lowest BCUT2D eigenvalue weighted by Crippen LogP contribution is -2.06. The van der Waals surface area contributed by atoms with E-state index >= 15 is 0 Å². The molecule has 0 aliphatic carbocycles. The number of thioether (sulfide) groups is 1. The van der Waals surface area contributed by atoms with E-state index in [2.05, 4.69) is 0 Å². The average molecular weight is 435 g/mol. The summed E-state index contributed by atoms with van der Waals surface area (Å²) in [6.45, 7) is 0. The van der Waals surface area contributed by atoms with Crippen LogP contribution < -0.4 is 0 Å². The number of benzene rings is 3. The Hall–Kier alpha value is -1.65. The Balaban J connectivity index is 1.83. The highest BCUT2D eigenvalue weighted by molar-refractivity contribution is 7.99. The Labute approximate surface area is 176 Å². The molecule has 27 heavy (non-hydrogen) atoms. The molecule has 2 nitrogen and oxygen atoms in total. The fourth-order valence-corrected chi connectivity index (χ4v) is 4.87. The predicted molar refractivity (Wildman–Crippen MR) is 115 cm³/mol. The molecule has 0 aromatic heterocycles. The Bertz CT molecular complexity index is 1030. The fourth-order valence-electron chi connectivity index (χ4n) is 3.01. The zero-order valence-electron chi connectivity index (χ0n) is 14.0. The van der Waals surface area contributed by atoms with Crippen LogP contribution in [-0.2, 0) is 0 Å². The first-order chi connectivity index (χ1) is 13.0. The Morgan fingerprint density at radius 3 is 2.37 bits per heavy atom. The molecule has 136 valence electrons. The summed E-state index contributed by atoms with van der Waals surface area (Å²) in [5.41, 5.74) is 3.59. The van der Waals surface area contributed by atoms with Crippen LogP contribution in [0.3, 0.4) is 0 Å². The molecule has 0 radical (unpaired) electrons. The molecule has 4 rings (SSSR count). The summed E-state index contributed by atoms with van der Waals surface area (Å²) in [5, 5.41) is 11.9. The van der Waals surface area contributed by atoms with Crippen LogP contribution in [0.25, 0.3) is 0 Å². The minimum Gasteiger partial charge on any atom is -0.508 e. The quantitative estimate of drug-likeness (QED) is 0.448. The van der Waals surface area contributed by atoms with E-state index in [0.717, 1.165) is 27.4 Å². The second kappa shape index (κ2) is 7.76. The zero-order chi connectivity index (χ0) is 19.0. The molecule has 1 N–H and O–H groups in total. The van der Waals surface area contributed by atoms with Crippen molar-refractivity contribution < 1.29 is 5.11 Å². The average Bonchev–Trinajstić information content (AvgIpc) is 2.81. The van der Waals surface area contributed by atoms with E-state index in [0.29, 0.717) is 21.5 Å². The van der Waals surface area contributed by atoms with Gasteiger partial charge in [0.2, 0.25) is 0 Å². The number of nitrogens with zero attached hydrogens (tertiary/aromatic N) is 1. The number of fused-ring (bicyclic) bond motifs is 1. The van der Waals surface area contributed by atoms with Gasteiger partial charge < -0.3 is 5.11 Å². The molecule has 0 saturated heterocycles. The van der Waals surface area contributed by atoms with E-state index in [-0.39, 0.29) is 11.0 Å². The molecule has 0 amide bonds. The normalized spacial score (nSPS) is 16.4. The second-order valence-electron chi connectivity index (χ2n) is 6.20. The van der Waals surface area contributed by atoms with Gasteiger partial charge in [-0.2, -0.15) is 0 Å². The molecule has 3 aromatic rings. The molecular formula is C21H14Cl3NOS. The first-order valence-electron chi connectivity index (χ1n) is 8.28.